The Balaban J connectivity index is 1.50. The van der Waals surface area contributed by atoms with Crippen molar-refractivity contribution in [1.82, 2.24) is 10.2 Å². The molecule has 0 amide bonds. The number of aryl methyl sites for hydroxylation is 1. The van der Waals surface area contributed by atoms with Crippen molar-refractivity contribution in [1.29, 1.82) is 0 Å². The van der Waals surface area contributed by atoms with Crippen molar-refractivity contribution in [3.63, 3.8) is 0 Å². The summed E-state index contributed by atoms with van der Waals surface area (Å²) in [7, 11) is 0. The number of likely N-dealkylation sites (tertiary alicyclic amines) is 1. The van der Waals surface area contributed by atoms with Crippen molar-refractivity contribution in [3.8, 4) is 0 Å². The van der Waals surface area contributed by atoms with E-state index >= 15 is 0 Å². The first-order valence-corrected chi connectivity index (χ1v) is 7.76. The van der Waals surface area contributed by atoms with E-state index in [1.807, 2.05) is 13.0 Å². The normalized spacial score (nSPS) is 20.8. The van der Waals surface area contributed by atoms with Gasteiger partial charge in [0.05, 0.1) is 6.54 Å². The van der Waals surface area contributed by atoms with Gasteiger partial charge in [0.15, 0.2) is 0 Å². The Bertz CT molecular complexity index is 361. The molecule has 0 radical (unpaired) electrons. The molecule has 1 aromatic rings. The molecule has 0 saturated carbocycles. The highest BCUT2D eigenvalue weighted by Gasteiger charge is 2.16. The molecule has 0 bridgehead atoms. The van der Waals surface area contributed by atoms with Gasteiger partial charge < -0.3 is 14.6 Å². The zero-order valence-electron chi connectivity index (χ0n) is 12.5. The fraction of sp³-hybridized carbons (Fsp3) is 0.750. The SMILES string of the molecule is Cc1ccc(CNCCCCN2CCCCC2C)o1. The van der Waals surface area contributed by atoms with Gasteiger partial charge in [-0.3, -0.25) is 0 Å². The predicted octanol–water partition coefficient (Wildman–Crippen LogP) is 3.33. The molecule has 1 aliphatic rings. The van der Waals surface area contributed by atoms with Gasteiger partial charge in [0.25, 0.3) is 0 Å². The molecular formula is C16H28N2O. The molecule has 1 atom stereocenters. The van der Waals surface area contributed by atoms with Crippen molar-refractivity contribution >= 4 is 0 Å². The molecule has 1 aliphatic heterocycles. The number of piperidine rings is 1. The Labute approximate surface area is 117 Å². The average Bonchev–Trinajstić information content (AvgIpc) is 2.81. The van der Waals surface area contributed by atoms with E-state index in [1.54, 1.807) is 0 Å². The molecule has 3 heteroatoms. The number of nitrogens with zero attached hydrogens (tertiary/aromatic N) is 1. The highest BCUT2D eigenvalue weighted by Crippen LogP contribution is 2.16. The van der Waals surface area contributed by atoms with E-state index in [2.05, 4.69) is 23.2 Å². The summed E-state index contributed by atoms with van der Waals surface area (Å²) in [4.78, 5) is 2.65. The van der Waals surface area contributed by atoms with E-state index in [4.69, 9.17) is 4.42 Å². The van der Waals surface area contributed by atoms with Gasteiger partial charge in [0, 0.05) is 6.04 Å². The lowest BCUT2D eigenvalue weighted by molar-refractivity contribution is 0.158. The third kappa shape index (κ3) is 5.00. The standard InChI is InChI=1S/C16H28N2O/c1-14-7-3-5-11-18(14)12-6-4-10-17-13-16-9-8-15(2)19-16/h8-9,14,17H,3-7,10-13H2,1-2H3. The monoisotopic (exact) mass is 264 g/mol. The van der Waals surface area contributed by atoms with Gasteiger partial charge in [-0.15, -0.1) is 0 Å². The topological polar surface area (TPSA) is 28.4 Å². The quantitative estimate of drug-likeness (QED) is 0.766. The van der Waals surface area contributed by atoms with Gasteiger partial charge in [-0.05, 0) is 71.3 Å². The van der Waals surface area contributed by atoms with Gasteiger partial charge in [-0.25, -0.2) is 0 Å². The van der Waals surface area contributed by atoms with Crippen molar-refractivity contribution in [2.75, 3.05) is 19.6 Å². The summed E-state index contributed by atoms with van der Waals surface area (Å²) in [5.74, 6) is 2.04. The minimum Gasteiger partial charge on any atom is -0.465 e. The van der Waals surface area contributed by atoms with Gasteiger partial charge in [0.2, 0.25) is 0 Å². The van der Waals surface area contributed by atoms with Gasteiger partial charge >= 0.3 is 0 Å². The second-order valence-corrected chi connectivity index (χ2v) is 5.78. The Morgan fingerprint density at radius 1 is 1.32 bits per heavy atom. The third-order valence-corrected chi connectivity index (χ3v) is 4.08. The van der Waals surface area contributed by atoms with E-state index < -0.39 is 0 Å². The predicted molar refractivity (Wildman–Crippen MR) is 79.3 cm³/mol. The van der Waals surface area contributed by atoms with Crippen LogP contribution in [0.4, 0.5) is 0 Å². The van der Waals surface area contributed by atoms with E-state index in [1.165, 1.54) is 45.2 Å². The summed E-state index contributed by atoms with van der Waals surface area (Å²) in [6, 6.07) is 4.87. The second kappa shape index (κ2) is 7.71. The average molecular weight is 264 g/mol. The molecule has 2 heterocycles. The zero-order chi connectivity index (χ0) is 13.5. The van der Waals surface area contributed by atoms with Crippen molar-refractivity contribution in [2.24, 2.45) is 0 Å². The van der Waals surface area contributed by atoms with Crippen LogP contribution in [0.2, 0.25) is 0 Å². The first-order valence-electron chi connectivity index (χ1n) is 7.76. The highest BCUT2D eigenvalue weighted by molar-refractivity contribution is 5.04. The van der Waals surface area contributed by atoms with Crippen LogP contribution in [0.5, 0.6) is 0 Å². The van der Waals surface area contributed by atoms with E-state index in [9.17, 15) is 0 Å². The molecule has 19 heavy (non-hydrogen) atoms. The molecule has 1 N–H and O–H groups in total. The molecular weight excluding hydrogens is 236 g/mol. The summed E-state index contributed by atoms with van der Waals surface area (Å²) < 4.78 is 5.53. The van der Waals surface area contributed by atoms with E-state index in [0.29, 0.717) is 0 Å². The fourth-order valence-electron chi connectivity index (χ4n) is 2.85. The lowest BCUT2D eigenvalue weighted by Gasteiger charge is -2.33. The lowest BCUT2D eigenvalue weighted by atomic mass is 10.0. The summed E-state index contributed by atoms with van der Waals surface area (Å²) >= 11 is 0. The summed E-state index contributed by atoms with van der Waals surface area (Å²) in [5.41, 5.74) is 0. The van der Waals surface area contributed by atoms with Crippen LogP contribution in [0.1, 0.15) is 50.5 Å². The Kier molecular flexibility index (Phi) is 5.93. The van der Waals surface area contributed by atoms with Gasteiger partial charge in [-0.2, -0.15) is 0 Å². The second-order valence-electron chi connectivity index (χ2n) is 5.78. The van der Waals surface area contributed by atoms with Crippen LogP contribution < -0.4 is 5.32 Å². The largest absolute Gasteiger partial charge is 0.465 e. The first-order chi connectivity index (χ1) is 9.25. The molecule has 3 nitrogen and oxygen atoms in total. The van der Waals surface area contributed by atoms with Crippen LogP contribution in [0.25, 0.3) is 0 Å². The van der Waals surface area contributed by atoms with Crippen LogP contribution in [-0.4, -0.2) is 30.6 Å². The van der Waals surface area contributed by atoms with Crippen LogP contribution in [0.3, 0.4) is 0 Å². The molecule has 2 rings (SSSR count). The molecule has 1 fully saturated rings. The maximum atomic E-state index is 5.53. The van der Waals surface area contributed by atoms with Crippen LogP contribution >= 0.6 is 0 Å². The van der Waals surface area contributed by atoms with Crippen molar-refractivity contribution in [2.45, 2.75) is 58.5 Å². The van der Waals surface area contributed by atoms with Crippen molar-refractivity contribution in [3.05, 3.63) is 23.7 Å². The lowest BCUT2D eigenvalue weighted by Crippen LogP contribution is -2.38. The zero-order valence-corrected chi connectivity index (χ0v) is 12.5. The molecule has 0 aliphatic carbocycles. The molecule has 1 unspecified atom stereocenters. The third-order valence-electron chi connectivity index (χ3n) is 4.08. The summed E-state index contributed by atoms with van der Waals surface area (Å²) in [5, 5.41) is 3.45. The molecule has 108 valence electrons. The molecule has 1 saturated heterocycles. The summed E-state index contributed by atoms with van der Waals surface area (Å²) in [6.07, 6.45) is 6.75. The fourth-order valence-corrected chi connectivity index (χ4v) is 2.85. The summed E-state index contributed by atoms with van der Waals surface area (Å²) in [6.45, 7) is 8.87. The van der Waals surface area contributed by atoms with Crippen molar-refractivity contribution < 1.29 is 4.42 Å². The Morgan fingerprint density at radius 3 is 2.95 bits per heavy atom. The van der Waals surface area contributed by atoms with E-state index in [0.717, 1.165) is 30.7 Å². The number of hydrogen-bond donors (Lipinski definition) is 1. The van der Waals surface area contributed by atoms with Crippen LogP contribution in [0, 0.1) is 6.92 Å². The van der Waals surface area contributed by atoms with Gasteiger partial charge in [-0.1, -0.05) is 6.42 Å². The Morgan fingerprint density at radius 2 is 2.21 bits per heavy atom. The number of unbranched alkanes of at least 4 members (excludes halogenated alkanes) is 1. The smallest absolute Gasteiger partial charge is 0.117 e. The van der Waals surface area contributed by atoms with E-state index in [-0.39, 0.29) is 0 Å². The number of nitrogens with one attached hydrogen (secondary N) is 1. The minimum atomic E-state index is 0.799. The highest BCUT2D eigenvalue weighted by atomic mass is 16.3. The van der Waals surface area contributed by atoms with Crippen LogP contribution in [0.15, 0.2) is 16.5 Å². The molecule has 1 aromatic heterocycles. The minimum absolute atomic E-state index is 0.799. The number of rotatable bonds is 7. The maximum absolute atomic E-state index is 5.53. The number of furan rings is 1. The molecule has 0 spiro atoms. The van der Waals surface area contributed by atoms with Gasteiger partial charge in [0.1, 0.15) is 11.5 Å². The Hall–Kier alpha value is -0.800. The maximum Gasteiger partial charge on any atom is 0.117 e. The number of hydrogen-bond acceptors (Lipinski definition) is 3. The van der Waals surface area contributed by atoms with Crippen LogP contribution in [-0.2, 0) is 6.54 Å². The first kappa shape index (κ1) is 14.6. The molecule has 0 aromatic carbocycles.